The lowest BCUT2D eigenvalue weighted by Crippen LogP contribution is -2.36. The van der Waals surface area contributed by atoms with E-state index in [4.69, 9.17) is 0 Å². The summed E-state index contributed by atoms with van der Waals surface area (Å²) in [6.07, 6.45) is 6.01. The first kappa shape index (κ1) is 15.9. The maximum Gasteiger partial charge on any atom is 0.307 e. The molecule has 0 aromatic heterocycles. The number of nitrogens with one attached hydrogen (secondary N) is 1. The molecule has 0 radical (unpaired) electrons. The summed E-state index contributed by atoms with van der Waals surface area (Å²) in [7, 11) is 0. The van der Waals surface area contributed by atoms with E-state index in [2.05, 4.69) is 5.32 Å². The second kappa shape index (κ2) is 6.02. The van der Waals surface area contributed by atoms with Gasteiger partial charge in [0.25, 0.3) is 0 Å². The number of hydrogen-bond acceptors (Lipinski definition) is 3. The minimum atomic E-state index is -0.909. The fourth-order valence-electron chi connectivity index (χ4n) is 4.41. The lowest BCUT2D eigenvalue weighted by molar-refractivity contribution is -0.146. The average molecular weight is 340 g/mol. The van der Waals surface area contributed by atoms with Gasteiger partial charge in [0.05, 0.1) is 11.8 Å². The number of nitrogens with zero attached hydrogens (tertiary/aromatic N) is 1. The molecule has 1 saturated carbocycles. The molecule has 1 aliphatic heterocycles. The quantitative estimate of drug-likeness (QED) is 0.823. The summed E-state index contributed by atoms with van der Waals surface area (Å²) in [6.45, 7) is 0.689. The topological polar surface area (TPSA) is 86.7 Å². The molecular weight excluding hydrogens is 320 g/mol. The van der Waals surface area contributed by atoms with Crippen LogP contribution in [0.15, 0.2) is 36.4 Å². The van der Waals surface area contributed by atoms with Crippen molar-refractivity contribution in [2.24, 2.45) is 23.7 Å². The van der Waals surface area contributed by atoms with Gasteiger partial charge >= 0.3 is 5.97 Å². The minimum absolute atomic E-state index is 0.00515. The van der Waals surface area contributed by atoms with Crippen molar-refractivity contribution < 1.29 is 19.5 Å². The highest BCUT2D eigenvalue weighted by Gasteiger charge is 2.51. The third kappa shape index (κ3) is 2.71. The number of benzene rings is 1. The molecule has 25 heavy (non-hydrogen) atoms. The van der Waals surface area contributed by atoms with Gasteiger partial charge in [0.15, 0.2) is 0 Å². The van der Waals surface area contributed by atoms with Crippen LogP contribution in [0.1, 0.15) is 19.3 Å². The Morgan fingerprint density at radius 1 is 1.16 bits per heavy atom. The van der Waals surface area contributed by atoms with Crippen LogP contribution in [0.4, 0.5) is 11.4 Å². The van der Waals surface area contributed by atoms with E-state index in [1.807, 2.05) is 18.2 Å². The van der Waals surface area contributed by atoms with E-state index >= 15 is 0 Å². The van der Waals surface area contributed by atoms with Crippen molar-refractivity contribution >= 4 is 29.2 Å². The molecule has 2 amide bonds. The number of carbonyl (C=O) groups excluding carboxylic acids is 2. The number of fused-ring (bicyclic) bond motifs is 2. The molecule has 2 bridgehead atoms. The molecule has 0 spiro atoms. The van der Waals surface area contributed by atoms with Gasteiger partial charge in [-0.15, -0.1) is 0 Å². The summed E-state index contributed by atoms with van der Waals surface area (Å²) in [6, 6.07) is 7.19. The second-order valence-corrected chi connectivity index (χ2v) is 7.03. The number of allylic oxidation sites excluding steroid dienone is 2. The van der Waals surface area contributed by atoms with Crippen molar-refractivity contribution in [3.05, 3.63) is 36.4 Å². The Kier molecular flexibility index (Phi) is 3.82. The summed E-state index contributed by atoms with van der Waals surface area (Å²) in [5.74, 6) is -2.32. The van der Waals surface area contributed by atoms with Crippen molar-refractivity contribution in [2.75, 3.05) is 16.8 Å². The predicted molar refractivity (Wildman–Crippen MR) is 92.0 cm³/mol. The summed E-state index contributed by atoms with van der Waals surface area (Å²) < 4.78 is 0. The van der Waals surface area contributed by atoms with E-state index in [1.54, 1.807) is 23.1 Å². The highest BCUT2D eigenvalue weighted by molar-refractivity contribution is 5.98. The molecule has 2 aliphatic carbocycles. The molecule has 0 unspecified atom stereocenters. The molecule has 6 heteroatoms. The maximum absolute atomic E-state index is 12.7. The van der Waals surface area contributed by atoms with Crippen LogP contribution in [0.3, 0.4) is 0 Å². The number of carboxylic acid groups (broad SMARTS) is 1. The summed E-state index contributed by atoms with van der Waals surface area (Å²) >= 11 is 0. The zero-order valence-corrected chi connectivity index (χ0v) is 13.7. The number of anilines is 2. The standard InChI is InChI=1S/C19H20N2O4/c22-15-5-2-8-21(15)14-4-1-3-13(10-14)20-18(23)16-11-6-7-12(9-11)17(16)19(24)25/h1,3-4,6-7,10-12,16-17H,2,5,8-9H2,(H,20,23)(H,24,25)/t11-,12+,16-,17+/m1/s1. The minimum Gasteiger partial charge on any atom is -0.481 e. The Morgan fingerprint density at radius 3 is 2.60 bits per heavy atom. The summed E-state index contributed by atoms with van der Waals surface area (Å²) in [5.41, 5.74) is 1.36. The number of aliphatic carboxylic acids is 1. The highest BCUT2D eigenvalue weighted by atomic mass is 16.4. The lowest BCUT2D eigenvalue weighted by Gasteiger charge is -2.24. The van der Waals surface area contributed by atoms with Crippen LogP contribution >= 0.6 is 0 Å². The summed E-state index contributed by atoms with van der Waals surface area (Å²) in [4.78, 5) is 37.9. The number of rotatable bonds is 4. The van der Waals surface area contributed by atoms with E-state index in [1.165, 1.54) is 0 Å². The van der Waals surface area contributed by atoms with E-state index in [-0.39, 0.29) is 23.7 Å². The number of hydrogen-bond donors (Lipinski definition) is 2. The Hall–Kier alpha value is -2.63. The Bertz CT molecular complexity index is 772. The molecule has 3 aliphatic rings. The van der Waals surface area contributed by atoms with Crippen LogP contribution in [-0.4, -0.2) is 29.4 Å². The molecule has 2 N–H and O–H groups in total. The third-order valence-corrected chi connectivity index (χ3v) is 5.55. The van der Waals surface area contributed by atoms with Gasteiger partial charge < -0.3 is 15.3 Å². The van der Waals surface area contributed by atoms with Crippen LogP contribution in [0.5, 0.6) is 0 Å². The van der Waals surface area contributed by atoms with Crippen molar-refractivity contribution in [2.45, 2.75) is 19.3 Å². The van der Waals surface area contributed by atoms with Gasteiger partial charge in [-0.2, -0.15) is 0 Å². The molecule has 1 aromatic rings. The van der Waals surface area contributed by atoms with Crippen LogP contribution in [0, 0.1) is 23.7 Å². The van der Waals surface area contributed by atoms with Crippen molar-refractivity contribution in [3.8, 4) is 0 Å². The van der Waals surface area contributed by atoms with Gasteiger partial charge in [-0.1, -0.05) is 18.2 Å². The number of amides is 2. The molecule has 1 heterocycles. The molecule has 130 valence electrons. The van der Waals surface area contributed by atoms with Gasteiger partial charge in [0, 0.05) is 24.3 Å². The first-order valence-corrected chi connectivity index (χ1v) is 8.67. The monoisotopic (exact) mass is 340 g/mol. The zero-order valence-electron chi connectivity index (χ0n) is 13.7. The molecule has 1 saturated heterocycles. The van der Waals surface area contributed by atoms with Gasteiger partial charge in [-0.3, -0.25) is 14.4 Å². The van der Waals surface area contributed by atoms with Crippen LogP contribution in [-0.2, 0) is 14.4 Å². The fourth-order valence-corrected chi connectivity index (χ4v) is 4.41. The van der Waals surface area contributed by atoms with Crippen molar-refractivity contribution in [1.29, 1.82) is 0 Å². The molecule has 6 nitrogen and oxygen atoms in total. The lowest BCUT2D eigenvalue weighted by atomic mass is 9.82. The molecule has 1 aromatic carbocycles. The third-order valence-electron chi connectivity index (χ3n) is 5.55. The van der Waals surface area contributed by atoms with Gasteiger partial charge in [-0.25, -0.2) is 0 Å². The van der Waals surface area contributed by atoms with E-state index in [0.29, 0.717) is 18.7 Å². The molecule has 2 fully saturated rings. The second-order valence-electron chi connectivity index (χ2n) is 7.03. The Morgan fingerprint density at radius 2 is 1.92 bits per heavy atom. The van der Waals surface area contributed by atoms with Crippen molar-refractivity contribution in [1.82, 2.24) is 0 Å². The first-order chi connectivity index (χ1) is 12.0. The Balaban J connectivity index is 1.52. The van der Waals surface area contributed by atoms with Crippen LogP contribution < -0.4 is 10.2 Å². The zero-order chi connectivity index (χ0) is 17.6. The van der Waals surface area contributed by atoms with Gasteiger partial charge in [0.2, 0.25) is 11.8 Å². The number of carboxylic acids is 1. The largest absolute Gasteiger partial charge is 0.481 e. The average Bonchev–Trinajstić information content (AvgIpc) is 3.29. The normalized spacial score (nSPS) is 30.1. The Labute approximate surface area is 145 Å². The van der Waals surface area contributed by atoms with Crippen LogP contribution in [0.25, 0.3) is 0 Å². The predicted octanol–water partition coefficient (Wildman–Crippen LogP) is 2.27. The summed E-state index contributed by atoms with van der Waals surface area (Å²) in [5, 5.41) is 12.3. The maximum atomic E-state index is 12.7. The van der Waals surface area contributed by atoms with Crippen LogP contribution in [0.2, 0.25) is 0 Å². The van der Waals surface area contributed by atoms with Gasteiger partial charge in [0.1, 0.15) is 0 Å². The first-order valence-electron chi connectivity index (χ1n) is 8.67. The smallest absolute Gasteiger partial charge is 0.307 e. The molecule has 4 atom stereocenters. The van der Waals surface area contributed by atoms with E-state index in [9.17, 15) is 19.5 Å². The molecule has 4 rings (SSSR count). The highest BCUT2D eigenvalue weighted by Crippen LogP contribution is 2.48. The SMILES string of the molecule is O=C(O)[C@@H]1[C@H](C(=O)Nc2cccc(N3CCCC3=O)c2)[C@@H]2C=C[C@H]1C2. The fraction of sp³-hybridized carbons (Fsp3) is 0.421. The van der Waals surface area contributed by atoms with E-state index < -0.39 is 17.8 Å². The number of carbonyl (C=O) groups is 3. The van der Waals surface area contributed by atoms with Gasteiger partial charge in [-0.05, 0) is 42.9 Å². The van der Waals surface area contributed by atoms with Crippen molar-refractivity contribution in [3.63, 3.8) is 0 Å². The van der Waals surface area contributed by atoms with E-state index in [0.717, 1.165) is 18.5 Å². The molecular formula is C19H20N2O4.